The number of nitrogens with one attached hydrogen (secondary N) is 1. The zero-order valence-corrected chi connectivity index (χ0v) is 13.0. The van der Waals surface area contributed by atoms with E-state index in [1.807, 2.05) is 0 Å². The van der Waals surface area contributed by atoms with Crippen molar-refractivity contribution >= 4 is 5.69 Å². The predicted molar refractivity (Wildman–Crippen MR) is 82.8 cm³/mol. The Morgan fingerprint density at radius 3 is 2.47 bits per heavy atom. The minimum atomic E-state index is 0.136. The summed E-state index contributed by atoms with van der Waals surface area (Å²) in [4.78, 5) is 2.36. The van der Waals surface area contributed by atoms with E-state index in [9.17, 15) is 0 Å². The molecule has 0 aliphatic rings. The molecule has 0 heterocycles. The molecule has 0 aliphatic heterocycles. The lowest BCUT2D eigenvalue weighted by Gasteiger charge is -2.27. The number of ether oxygens (including phenoxy) is 1. The average Bonchev–Trinajstić information content (AvgIpc) is 2.37. The van der Waals surface area contributed by atoms with Crippen LogP contribution in [-0.4, -0.2) is 32.3 Å². The van der Waals surface area contributed by atoms with Crippen molar-refractivity contribution in [1.82, 2.24) is 5.32 Å². The van der Waals surface area contributed by atoms with E-state index in [2.05, 4.69) is 62.2 Å². The van der Waals surface area contributed by atoms with Crippen molar-refractivity contribution in [2.75, 3.05) is 31.7 Å². The molecule has 3 heteroatoms. The van der Waals surface area contributed by atoms with Gasteiger partial charge in [0.1, 0.15) is 0 Å². The number of hydrogen-bond acceptors (Lipinski definition) is 3. The first kappa shape index (κ1) is 16.0. The maximum Gasteiger partial charge on any atom is 0.0637 e. The van der Waals surface area contributed by atoms with Crippen LogP contribution < -0.4 is 10.2 Å². The molecule has 1 N–H and O–H groups in total. The zero-order valence-electron chi connectivity index (χ0n) is 13.0. The van der Waals surface area contributed by atoms with Crippen molar-refractivity contribution in [3.8, 4) is 0 Å². The Morgan fingerprint density at radius 2 is 1.89 bits per heavy atom. The van der Waals surface area contributed by atoms with E-state index in [-0.39, 0.29) is 5.54 Å². The normalized spacial score (nSPS) is 11.6. The molecule has 0 aliphatic carbocycles. The number of benzene rings is 1. The van der Waals surface area contributed by atoms with Crippen molar-refractivity contribution in [2.24, 2.45) is 0 Å². The highest BCUT2D eigenvalue weighted by molar-refractivity contribution is 5.53. The summed E-state index contributed by atoms with van der Waals surface area (Å²) >= 11 is 0. The van der Waals surface area contributed by atoms with Crippen molar-refractivity contribution in [3.05, 3.63) is 29.8 Å². The Labute approximate surface area is 118 Å². The molecule has 0 aromatic heterocycles. The topological polar surface area (TPSA) is 24.5 Å². The smallest absolute Gasteiger partial charge is 0.0637 e. The fraction of sp³-hybridized carbons (Fsp3) is 0.625. The lowest BCUT2D eigenvalue weighted by Crippen LogP contribution is -2.36. The van der Waals surface area contributed by atoms with Crippen LogP contribution >= 0.6 is 0 Å². The standard InChI is InChI=1S/C16H28N2O/c1-6-18(11-12-19-5)15-10-8-7-9-14(15)13-17-16(2,3)4/h7-10,17H,6,11-13H2,1-5H3. The van der Waals surface area contributed by atoms with Crippen LogP contribution in [-0.2, 0) is 11.3 Å². The van der Waals surface area contributed by atoms with Crippen molar-refractivity contribution in [2.45, 2.75) is 39.8 Å². The van der Waals surface area contributed by atoms with Crippen LogP contribution in [0.4, 0.5) is 5.69 Å². The number of para-hydroxylation sites is 1. The van der Waals surface area contributed by atoms with E-state index in [1.165, 1.54) is 11.3 Å². The third-order valence-corrected chi connectivity index (χ3v) is 3.09. The molecule has 0 amide bonds. The largest absolute Gasteiger partial charge is 0.383 e. The Kier molecular flexibility index (Phi) is 6.32. The van der Waals surface area contributed by atoms with E-state index in [0.717, 1.165) is 26.2 Å². The minimum absolute atomic E-state index is 0.136. The summed E-state index contributed by atoms with van der Waals surface area (Å²) in [5.74, 6) is 0. The monoisotopic (exact) mass is 264 g/mol. The summed E-state index contributed by atoms with van der Waals surface area (Å²) < 4.78 is 5.19. The molecule has 1 rings (SSSR count). The van der Waals surface area contributed by atoms with E-state index in [1.54, 1.807) is 7.11 Å². The molecule has 0 spiro atoms. The number of nitrogens with zero attached hydrogens (tertiary/aromatic N) is 1. The van der Waals surface area contributed by atoms with Crippen LogP contribution in [0.1, 0.15) is 33.3 Å². The molecule has 0 saturated carbocycles. The third-order valence-electron chi connectivity index (χ3n) is 3.09. The second-order valence-electron chi connectivity index (χ2n) is 5.80. The SMILES string of the molecule is CCN(CCOC)c1ccccc1CNC(C)(C)C. The van der Waals surface area contributed by atoms with Crippen LogP contribution in [0, 0.1) is 0 Å². The van der Waals surface area contributed by atoms with Gasteiger partial charge in [0.2, 0.25) is 0 Å². The Bertz CT molecular complexity index is 371. The average molecular weight is 264 g/mol. The van der Waals surface area contributed by atoms with Gasteiger partial charge in [-0.1, -0.05) is 18.2 Å². The van der Waals surface area contributed by atoms with Gasteiger partial charge in [-0.25, -0.2) is 0 Å². The van der Waals surface area contributed by atoms with Crippen LogP contribution in [0.5, 0.6) is 0 Å². The molecule has 1 aromatic rings. The number of likely N-dealkylation sites (N-methyl/N-ethyl adjacent to an activating group) is 1. The highest BCUT2D eigenvalue weighted by atomic mass is 16.5. The van der Waals surface area contributed by atoms with Gasteiger partial charge in [0, 0.05) is 38.0 Å². The fourth-order valence-electron chi connectivity index (χ4n) is 1.98. The molecular formula is C16H28N2O. The molecule has 19 heavy (non-hydrogen) atoms. The Balaban J connectivity index is 2.81. The Hall–Kier alpha value is -1.06. The maximum atomic E-state index is 5.19. The molecule has 0 fully saturated rings. The molecule has 3 nitrogen and oxygen atoms in total. The van der Waals surface area contributed by atoms with Gasteiger partial charge in [0.05, 0.1) is 6.61 Å². The third kappa shape index (κ3) is 5.62. The maximum absolute atomic E-state index is 5.19. The van der Waals surface area contributed by atoms with Gasteiger partial charge in [-0.2, -0.15) is 0 Å². The number of rotatable bonds is 7. The van der Waals surface area contributed by atoms with Crippen LogP contribution in [0.2, 0.25) is 0 Å². The van der Waals surface area contributed by atoms with Crippen molar-refractivity contribution in [1.29, 1.82) is 0 Å². The number of hydrogen-bond donors (Lipinski definition) is 1. The van der Waals surface area contributed by atoms with Crippen LogP contribution in [0.15, 0.2) is 24.3 Å². The van der Waals surface area contributed by atoms with E-state index >= 15 is 0 Å². The van der Waals surface area contributed by atoms with Crippen LogP contribution in [0.25, 0.3) is 0 Å². The number of anilines is 1. The molecule has 108 valence electrons. The lowest BCUT2D eigenvalue weighted by molar-refractivity contribution is 0.205. The molecule has 1 aromatic carbocycles. The second-order valence-corrected chi connectivity index (χ2v) is 5.80. The summed E-state index contributed by atoms with van der Waals surface area (Å²) in [6.45, 7) is 12.3. The molecule has 0 unspecified atom stereocenters. The van der Waals surface area contributed by atoms with Gasteiger partial charge in [0.25, 0.3) is 0 Å². The molecule has 0 atom stereocenters. The van der Waals surface area contributed by atoms with Gasteiger partial charge in [0.15, 0.2) is 0 Å². The lowest BCUT2D eigenvalue weighted by atomic mass is 10.1. The minimum Gasteiger partial charge on any atom is -0.383 e. The quantitative estimate of drug-likeness (QED) is 0.819. The summed E-state index contributed by atoms with van der Waals surface area (Å²) in [6.07, 6.45) is 0. The number of methoxy groups -OCH3 is 1. The molecule has 0 bridgehead atoms. The van der Waals surface area contributed by atoms with Gasteiger partial charge in [-0.3, -0.25) is 0 Å². The fourth-order valence-corrected chi connectivity index (χ4v) is 1.98. The van der Waals surface area contributed by atoms with Gasteiger partial charge >= 0.3 is 0 Å². The second kappa shape index (κ2) is 7.51. The van der Waals surface area contributed by atoms with Gasteiger partial charge in [-0.05, 0) is 39.3 Å². The summed E-state index contributed by atoms with van der Waals surface area (Å²) in [5, 5.41) is 3.56. The summed E-state index contributed by atoms with van der Waals surface area (Å²) in [6, 6.07) is 8.60. The predicted octanol–water partition coefficient (Wildman–Crippen LogP) is 3.05. The Morgan fingerprint density at radius 1 is 1.21 bits per heavy atom. The molecule has 0 radical (unpaired) electrons. The molecule has 0 saturated heterocycles. The first-order valence-corrected chi connectivity index (χ1v) is 7.04. The van der Waals surface area contributed by atoms with E-state index in [0.29, 0.717) is 0 Å². The van der Waals surface area contributed by atoms with E-state index < -0.39 is 0 Å². The van der Waals surface area contributed by atoms with Crippen LogP contribution in [0.3, 0.4) is 0 Å². The highest BCUT2D eigenvalue weighted by Crippen LogP contribution is 2.20. The van der Waals surface area contributed by atoms with Crippen molar-refractivity contribution < 1.29 is 4.74 Å². The zero-order chi connectivity index (χ0) is 14.3. The highest BCUT2D eigenvalue weighted by Gasteiger charge is 2.12. The van der Waals surface area contributed by atoms with Crippen molar-refractivity contribution in [3.63, 3.8) is 0 Å². The van der Waals surface area contributed by atoms with Gasteiger partial charge < -0.3 is 15.0 Å². The summed E-state index contributed by atoms with van der Waals surface area (Å²) in [5.41, 5.74) is 2.78. The first-order valence-electron chi connectivity index (χ1n) is 7.04. The van der Waals surface area contributed by atoms with E-state index in [4.69, 9.17) is 4.74 Å². The molecular weight excluding hydrogens is 236 g/mol. The summed E-state index contributed by atoms with van der Waals surface area (Å²) in [7, 11) is 1.75. The van der Waals surface area contributed by atoms with Gasteiger partial charge in [-0.15, -0.1) is 0 Å². The first-order chi connectivity index (χ1) is 8.98.